The number of rotatable bonds is 5. The largest absolute Gasteiger partial charge is 0.507 e. The van der Waals surface area contributed by atoms with Crippen molar-refractivity contribution < 1.29 is 9.90 Å². The summed E-state index contributed by atoms with van der Waals surface area (Å²) >= 11 is 0. The zero-order chi connectivity index (χ0) is 19.0. The van der Waals surface area contributed by atoms with Crippen molar-refractivity contribution in [2.24, 2.45) is 0 Å². The number of nitrogens with zero attached hydrogens (tertiary/aromatic N) is 2. The lowest BCUT2D eigenvalue weighted by atomic mass is 9.91. The molecule has 0 atom stereocenters. The number of carbonyl (C=O) groups is 1. The summed E-state index contributed by atoms with van der Waals surface area (Å²) in [5, 5.41) is 11.8. The molecule has 0 amide bonds. The Bertz CT molecular complexity index is 1060. The van der Waals surface area contributed by atoms with Crippen molar-refractivity contribution in [3.8, 4) is 0 Å². The van der Waals surface area contributed by atoms with E-state index in [2.05, 4.69) is 18.5 Å². The number of carbonyl (C=O) groups excluding carboxylic acids is 1. The molecular weight excluding hydrogens is 328 g/mol. The molecular formula is C21H24N2O3. The van der Waals surface area contributed by atoms with Crippen molar-refractivity contribution in [2.75, 3.05) is 0 Å². The van der Waals surface area contributed by atoms with Crippen molar-refractivity contribution >= 4 is 18.1 Å². The fourth-order valence-electron chi connectivity index (χ4n) is 3.66. The molecule has 1 aliphatic carbocycles. The summed E-state index contributed by atoms with van der Waals surface area (Å²) in [5.74, 6) is -0.308. The van der Waals surface area contributed by atoms with Crippen LogP contribution in [0.5, 0.6) is 0 Å². The van der Waals surface area contributed by atoms with E-state index in [0.29, 0.717) is 28.2 Å². The quantitative estimate of drug-likeness (QED) is 0.837. The van der Waals surface area contributed by atoms with Crippen molar-refractivity contribution in [3.05, 3.63) is 61.1 Å². The first-order chi connectivity index (χ1) is 12.4. The zero-order valence-electron chi connectivity index (χ0n) is 15.6. The van der Waals surface area contributed by atoms with Crippen LogP contribution < -0.4 is 16.1 Å². The molecule has 1 aliphatic rings. The van der Waals surface area contributed by atoms with Gasteiger partial charge in [-0.3, -0.25) is 9.59 Å². The standard InChI is InChI=1S/C21H24N2O3/c1-5-6-7-8-9-23-15(24)11-13(3)17-19(23)21(26)18-16(20(17)25)12(2)10-14(4)22-18/h10-11,25H,4-9H2,1-3H3. The van der Waals surface area contributed by atoms with Gasteiger partial charge in [-0.2, -0.15) is 0 Å². The molecule has 1 N–H and O–H groups in total. The first-order valence-electron chi connectivity index (χ1n) is 9.06. The monoisotopic (exact) mass is 352 g/mol. The fraction of sp³-hybridized carbons (Fsp3) is 0.381. The molecule has 2 heterocycles. The summed E-state index contributed by atoms with van der Waals surface area (Å²) in [7, 11) is 0. The molecule has 2 aromatic rings. The molecule has 5 nitrogen and oxygen atoms in total. The highest BCUT2D eigenvalue weighted by molar-refractivity contribution is 6.12. The molecule has 2 aromatic heterocycles. The number of unbranched alkanes of at least 4 members (excludes halogenated alkanes) is 3. The molecule has 0 bridgehead atoms. The number of hydrogen-bond donors (Lipinski definition) is 1. The normalized spacial score (nSPS) is 12.9. The van der Waals surface area contributed by atoms with Gasteiger partial charge in [0, 0.05) is 23.4 Å². The van der Waals surface area contributed by atoms with Crippen LogP contribution in [0, 0.1) is 13.8 Å². The second kappa shape index (κ2) is 6.90. The van der Waals surface area contributed by atoms with Gasteiger partial charge in [0.1, 0.15) is 17.1 Å². The summed E-state index contributed by atoms with van der Waals surface area (Å²) in [6, 6.07) is 3.23. The van der Waals surface area contributed by atoms with Gasteiger partial charge in [-0.25, -0.2) is 4.98 Å². The second-order valence-electron chi connectivity index (χ2n) is 6.93. The average Bonchev–Trinajstić information content (AvgIpc) is 2.57. The van der Waals surface area contributed by atoms with Crippen LogP contribution in [0.15, 0.2) is 16.9 Å². The third kappa shape index (κ3) is 2.87. The molecule has 0 spiro atoms. The number of aliphatic hydroxyl groups excluding tert-OH is 1. The van der Waals surface area contributed by atoms with E-state index in [4.69, 9.17) is 0 Å². The predicted octanol–water partition coefficient (Wildman–Crippen LogP) is 2.11. The molecule has 0 saturated carbocycles. The predicted molar refractivity (Wildman–Crippen MR) is 102 cm³/mol. The number of aliphatic hydroxyl groups is 1. The SMILES string of the molecule is C=c1cc(C)c2c(n1)C(=O)c1c(c(C)cc(=O)n1CCCCCC)C=2O. The fourth-order valence-corrected chi connectivity index (χ4v) is 3.66. The molecule has 0 aromatic carbocycles. The lowest BCUT2D eigenvalue weighted by Crippen LogP contribution is -2.38. The summed E-state index contributed by atoms with van der Waals surface area (Å²) < 4.78 is 1.49. The Labute approximate surface area is 152 Å². The molecule has 0 unspecified atom stereocenters. The van der Waals surface area contributed by atoms with Gasteiger partial charge in [0.25, 0.3) is 5.56 Å². The Morgan fingerprint density at radius 3 is 2.54 bits per heavy atom. The zero-order valence-corrected chi connectivity index (χ0v) is 15.6. The highest BCUT2D eigenvalue weighted by atomic mass is 16.3. The van der Waals surface area contributed by atoms with E-state index in [1.165, 1.54) is 10.6 Å². The highest BCUT2D eigenvalue weighted by Crippen LogP contribution is 2.24. The van der Waals surface area contributed by atoms with E-state index < -0.39 is 0 Å². The lowest BCUT2D eigenvalue weighted by Gasteiger charge is -2.22. The molecule has 0 aliphatic heterocycles. The van der Waals surface area contributed by atoms with Crippen molar-refractivity contribution in [3.63, 3.8) is 0 Å². The minimum Gasteiger partial charge on any atom is -0.507 e. The number of hydrogen-bond acceptors (Lipinski definition) is 4. The number of aryl methyl sites for hydroxylation is 2. The van der Waals surface area contributed by atoms with Crippen LogP contribution in [-0.4, -0.2) is 20.4 Å². The van der Waals surface area contributed by atoms with E-state index in [9.17, 15) is 14.7 Å². The van der Waals surface area contributed by atoms with Gasteiger partial charge in [-0.15, -0.1) is 0 Å². The third-order valence-electron chi connectivity index (χ3n) is 4.92. The summed E-state index contributed by atoms with van der Waals surface area (Å²) in [6.45, 7) is 9.95. The van der Waals surface area contributed by atoms with Gasteiger partial charge in [0.15, 0.2) is 0 Å². The van der Waals surface area contributed by atoms with Crippen LogP contribution in [0.4, 0.5) is 0 Å². The maximum absolute atomic E-state index is 13.2. The molecule has 26 heavy (non-hydrogen) atoms. The lowest BCUT2D eigenvalue weighted by molar-refractivity contribution is 0.102. The van der Waals surface area contributed by atoms with Gasteiger partial charge in [-0.1, -0.05) is 32.8 Å². The first-order valence-corrected chi connectivity index (χ1v) is 9.06. The van der Waals surface area contributed by atoms with Crippen LogP contribution in [-0.2, 0) is 6.54 Å². The Morgan fingerprint density at radius 2 is 1.85 bits per heavy atom. The van der Waals surface area contributed by atoms with Crippen LogP contribution >= 0.6 is 0 Å². The van der Waals surface area contributed by atoms with E-state index in [1.807, 2.05) is 6.92 Å². The third-order valence-corrected chi connectivity index (χ3v) is 4.92. The minimum atomic E-state index is -0.322. The van der Waals surface area contributed by atoms with Gasteiger partial charge >= 0.3 is 0 Å². The number of fused-ring (bicyclic) bond motifs is 2. The van der Waals surface area contributed by atoms with Gasteiger partial charge in [-0.05, 0) is 37.5 Å². The Hall–Kier alpha value is -2.69. The topological polar surface area (TPSA) is 72.2 Å². The Kier molecular flexibility index (Phi) is 4.81. The van der Waals surface area contributed by atoms with Crippen LogP contribution in [0.1, 0.15) is 65.5 Å². The van der Waals surface area contributed by atoms with Crippen LogP contribution in [0.2, 0.25) is 0 Å². The maximum atomic E-state index is 13.2. The molecule has 0 fully saturated rings. The Morgan fingerprint density at radius 1 is 1.12 bits per heavy atom. The van der Waals surface area contributed by atoms with Gasteiger partial charge in [0.05, 0.1) is 5.35 Å². The van der Waals surface area contributed by atoms with E-state index in [0.717, 1.165) is 31.2 Å². The summed E-state index contributed by atoms with van der Waals surface area (Å²) in [6.07, 6.45) is 3.98. The molecule has 136 valence electrons. The molecule has 0 saturated heterocycles. The highest BCUT2D eigenvalue weighted by Gasteiger charge is 2.31. The average molecular weight is 352 g/mol. The van der Waals surface area contributed by atoms with Crippen LogP contribution in [0.3, 0.4) is 0 Å². The summed E-state index contributed by atoms with van der Waals surface area (Å²) in [4.78, 5) is 30.0. The van der Waals surface area contributed by atoms with E-state index in [-0.39, 0.29) is 28.5 Å². The summed E-state index contributed by atoms with van der Waals surface area (Å²) in [5.41, 5.74) is 1.99. The van der Waals surface area contributed by atoms with Crippen molar-refractivity contribution in [1.82, 2.24) is 9.55 Å². The minimum absolute atomic E-state index is 0.0133. The van der Waals surface area contributed by atoms with Crippen molar-refractivity contribution in [2.45, 2.75) is 53.0 Å². The van der Waals surface area contributed by atoms with Crippen molar-refractivity contribution in [1.29, 1.82) is 0 Å². The van der Waals surface area contributed by atoms with E-state index in [1.54, 1.807) is 13.0 Å². The number of ketones is 1. The van der Waals surface area contributed by atoms with E-state index >= 15 is 0 Å². The number of aromatic nitrogens is 2. The van der Waals surface area contributed by atoms with Gasteiger partial charge < -0.3 is 9.67 Å². The number of pyridine rings is 2. The Balaban J connectivity index is 2.28. The second-order valence-corrected chi connectivity index (χ2v) is 6.93. The van der Waals surface area contributed by atoms with Crippen LogP contribution in [0.25, 0.3) is 12.3 Å². The molecule has 5 heteroatoms. The molecule has 0 radical (unpaired) electrons. The van der Waals surface area contributed by atoms with Gasteiger partial charge in [0.2, 0.25) is 5.78 Å². The maximum Gasteiger partial charge on any atom is 0.251 e. The first kappa shape index (κ1) is 18.1. The molecule has 3 rings (SSSR count). The smallest absolute Gasteiger partial charge is 0.251 e.